The minimum Gasteiger partial charge on any atom is -0.468 e. The highest BCUT2D eigenvalue weighted by Crippen LogP contribution is 2.26. The quantitative estimate of drug-likeness (QED) is 0.569. The molecule has 1 amide bonds. The normalized spacial score (nSPS) is 15.8. The van der Waals surface area contributed by atoms with Crippen LogP contribution in [0.3, 0.4) is 0 Å². The monoisotopic (exact) mass is 504 g/mol. The van der Waals surface area contributed by atoms with Crippen LogP contribution < -0.4 is 9.46 Å². The molecule has 0 aromatic heterocycles. The van der Waals surface area contributed by atoms with Gasteiger partial charge in [-0.05, 0) is 75.9 Å². The van der Waals surface area contributed by atoms with Crippen molar-refractivity contribution in [2.45, 2.75) is 50.2 Å². The van der Waals surface area contributed by atoms with Crippen LogP contribution in [0.4, 0.5) is 4.79 Å². The summed E-state index contributed by atoms with van der Waals surface area (Å²) in [6, 6.07) is 14.0. The van der Waals surface area contributed by atoms with Gasteiger partial charge in [0.2, 0.25) is 10.0 Å². The number of esters is 1. The molecule has 0 radical (unpaired) electrons. The van der Waals surface area contributed by atoms with Crippen molar-refractivity contribution in [3.63, 3.8) is 0 Å². The van der Waals surface area contributed by atoms with Gasteiger partial charge in [-0.3, -0.25) is 4.79 Å². The third kappa shape index (κ3) is 7.43. The van der Waals surface area contributed by atoms with E-state index in [1.807, 2.05) is 18.2 Å². The highest BCUT2D eigenvalue weighted by atomic mass is 32.2. The summed E-state index contributed by atoms with van der Waals surface area (Å²) in [5.41, 5.74) is -0.611. The lowest BCUT2D eigenvalue weighted by Crippen LogP contribution is -2.51. The lowest BCUT2D eigenvalue weighted by Gasteiger charge is -2.35. The Kier molecular flexibility index (Phi) is 8.39. The average Bonchev–Trinajstić information content (AvgIpc) is 2.82. The summed E-state index contributed by atoms with van der Waals surface area (Å²) in [5.74, 6) is 0.101. The van der Waals surface area contributed by atoms with Crippen molar-refractivity contribution in [2.75, 3.05) is 20.2 Å². The molecule has 0 aliphatic carbocycles. The molecule has 0 saturated carbocycles. The van der Waals surface area contributed by atoms with E-state index in [4.69, 9.17) is 14.2 Å². The van der Waals surface area contributed by atoms with E-state index in [0.29, 0.717) is 37.4 Å². The van der Waals surface area contributed by atoms with Crippen molar-refractivity contribution in [2.24, 2.45) is 5.92 Å². The Morgan fingerprint density at radius 2 is 1.54 bits per heavy atom. The van der Waals surface area contributed by atoms with Crippen LogP contribution in [0.15, 0.2) is 59.5 Å². The Morgan fingerprint density at radius 1 is 0.971 bits per heavy atom. The smallest absolute Gasteiger partial charge is 0.410 e. The summed E-state index contributed by atoms with van der Waals surface area (Å²) in [7, 11) is -2.80. The second-order valence-electron chi connectivity index (χ2n) is 9.31. The first kappa shape index (κ1) is 26.5. The Labute approximate surface area is 206 Å². The number of carbonyl (C=O) groups is 2. The lowest BCUT2D eigenvalue weighted by atomic mass is 9.90. The number of ether oxygens (including phenoxy) is 3. The Bertz CT molecular complexity index is 1100. The first-order chi connectivity index (χ1) is 16.5. The minimum absolute atomic E-state index is 0.00185. The summed E-state index contributed by atoms with van der Waals surface area (Å²) in [4.78, 5) is 26.4. The predicted molar refractivity (Wildman–Crippen MR) is 130 cm³/mol. The summed E-state index contributed by atoms with van der Waals surface area (Å²) >= 11 is 0. The number of amides is 1. The fourth-order valence-electron chi connectivity index (χ4n) is 3.75. The molecule has 2 aromatic rings. The molecule has 1 N–H and O–H groups in total. The van der Waals surface area contributed by atoms with Gasteiger partial charge >= 0.3 is 12.1 Å². The van der Waals surface area contributed by atoms with Crippen molar-refractivity contribution in [1.29, 1.82) is 0 Å². The van der Waals surface area contributed by atoms with Gasteiger partial charge in [0.15, 0.2) is 0 Å². The Hall–Kier alpha value is -3.11. The van der Waals surface area contributed by atoms with Gasteiger partial charge in [0.25, 0.3) is 0 Å². The molecular formula is C25H32N2O7S. The molecule has 3 rings (SSSR count). The van der Waals surface area contributed by atoms with E-state index in [1.54, 1.807) is 49.9 Å². The van der Waals surface area contributed by atoms with E-state index in [2.05, 4.69) is 4.72 Å². The molecule has 1 aliphatic rings. The van der Waals surface area contributed by atoms with Crippen LogP contribution in [0.5, 0.6) is 11.5 Å². The molecular weight excluding hydrogens is 472 g/mol. The van der Waals surface area contributed by atoms with Crippen LogP contribution in [-0.4, -0.2) is 57.2 Å². The van der Waals surface area contributed by atoms with Gasteiger partial charge < -0.3 is 19.1 Å². The summed E-state index contributed by atoms with van der Waals surface area (Å²) in [5, 5.41) is 0. The fourth-order valence-corrected chi connectivity index (χ4v) is 5.01. The maximum Gasteiger partial charge on any atom is 0.410 e. The SMILES string of the molecule is COC(=O)C(NS(=O)(=O)c1ccc(Oc2ccccc2)cc1)C1CCN(C(=O)OC(C)(C)C)CC1. The van der Waals surface area contributed by atoms with Crippen LogP contribution in [0.1, 0.15) is 33.6 Å². The molecule has 1 atom stereocenters. The molecule has 1 saturated heterocycles. The number of rotatable bonds is 7. The van der Waals surface area contributed by atoms with Gasteiger partial charge in [-0.1, -0.05) is 18.2 Å². The standard InChI is InChI=1S/C25H32N2O7S/c1-25(2,3)34-24(29)27-16-14-18(15-17-27)22(23(28)32-4)26-35(30,31)21-12-10-20(11-13-21)33-19-8-6-5-7-9-19/h5-13,18,22,26H,14-17H2,1-4H3. The number of sulfonamides is 1. The van der Waals surface area contributed by atoms with Gasteiger partial charge in [0, 0.05) is 13.1 Å². The van der Waals surface area contributed by atoms with Crippen molar-refractivity contribution >= 4 is 22.1 Å². The Morgan fingerprint density at radius 3 is 2.09 bits per heavy atom. The number of methoxy groups -OCH3 is 1. The zero-order valence-electron chi connectivity index (χ0n) is 20.4. The molecule has 9 nitrogen and oxygen atoms in total. The average molecular weight is 505 g/mol. The van der Waals surface area contributed by atoms with Crippen molar-refractivity contribution < 1.29 is 32.2 Å². The second-order valence-corrected chi connectivity index (χ2v) is 11.0. The third-order valence-electron chi connectivity index (χ3n) is 5.51. The van der Waals surface area contributed by atoms with E-state index < -0.39 is 33.7 Å². The highest BCUT2D eigenvalue weighted by molar-refractivity contribution is 7.89. The van der Waals surface area contributed by atoms with Gasteiger partial charge in [-0.15, -0.1) is 0 Å². The largest absolute Gasteiger partial charge is 0.468 e. The molecule has 1 aliphatic heterocycles. The molecule has 190 valence electrons. The second kappa shape index (κ2) is 11.1. The van der Waals surface area contributed by atoms with Crippen molar-refractivity contribution in [3.8, 4) is 11.5 Å². The number of hydrogen-bond acceptors (Lipinski definition) is 7. The zero-order chi connectivity index (χ0) is 25.6. The Balaban J connectivity index is 1.67. The van der Waals surface area contributed by atoms with Gasteiger partial charge in [0.05, 0.1) is 12.0 Å². The van der Waals surface area contributed by atoms with Crippen LogP contribution in [-0.2, 0) is 24.3 Å². The van der Waals surface area contributed by atoms with E-state index in [-0.39, 0.29) is 10.8 Å². The van der Waals surface area contributed by atoms with Crippen LogP contribution in [0.2, 0.25) is 0 Å². The van der Waals surface area contributed by atoms with E-state index in [0.717, 1.165) is 0 Å². The van der Waals surface area contributed by atoms with E-state index in [1.165, 1.54) is 19.2 Å². The number of benzene rings is 2. The number of nitrogens with zero attached hydrogens (tertiary/aromatic N) is 1. The van der Waals surface area contributed by atoms with Crippen LogP contribution in [0.25, 0.3) is 0 Å². The van der Waals surface area contributed by atoms with Crippen LogP contribution in [0, 0.1) is 5.92 Å². The van der Waals surface area contributed by atoms with Crippen LogP contribution >= 0.6 is 0 Å². The number of nitrogens with one attached hydrogen (secondary N) is 1. The maximum absolute atomic E-state index is 13.1. The first-order valence-electron chi connectivity index (χ1n) is 11.4. The van der Waals surface area contributed by atoms with E-state index >= 15 is 0 Å². The molecule has 1 heterocycles. The fraction of sp³-hybridized carbons (Fsp3) is 0.440. The van der Waals surface area contributed by atoms with Crippen molar-refractivity contribution in [1.82, 2.24) is 9.62 Å². The van der Waals surface area contributed by atoms with Gasteiger partial charge in [-0.2, -0.15) is 4.72 Å². The third-order valence-corrected chi connectivity index (χ3v) is 6.97. The lowest BCUT2D eigenvalue weighted by molar-refractivity contribution is -0.144. The topological polar surface area (TPSA) is 111 Å². The minimum atomic E-state index is -4.02. The van der Waals surface area contributed by atoms with E-state index in [9.17, 15) is 18.0 Å². The molecule has 2 aromatic carbocycles. The number of piperidine rings is 1. The molecule has 35 heavy (non-hydrogen) atoms. The van der Waals surface area contributed by atoms with Gasteiger partial charge in [0.1, 0.15) is 23.1 Å². The number of likely N-dealkylation sites (tertiary alicyclic amines) is 1. The number of hydrogen-bond donors (Lipinski definition) is 1. The molecule has 1 unspecified atom stereocenters. The number of carbonyl (C=O) groups excluding carboxylic acids is 2. The predicted octanol–water partition coefficient (Wildman–Crippen LogP) is 3.95. The highest BCUT2D eigenvalue weighted by Gasteiger charge is 2.37. The summed E-state index contributed by atoms with van der Waals surface area (Å²) in [6.45, 7) is 6.07. The molecule has 10 heteroatoms. The zero-order valence-corrected chi connectivity index (χ0v) is 21.2. The number of para-hydroxylation sites is 1. The summed E-state index contributed by atoms with van der Waals surface area (Å²) < 4.78 is 44.6. The maximum atomic E-state index is 13.1. The van der Waals surface area contributed by atoms with Gasteiger partial charge in [-0.25, -0.2) is 13.2 Å². The molecule has 0 bridgehead atoms. The first-order valence-corrected chi connectivity index (χ1v) is 12.9. The molecule has 0 spiro atoms. The summed E-state index contributed by atoms with van der Waals surface area (Å²) in [6.07, 6.45) is 0.417. The molecule has 1 fully saturated rings. The van der Waals surface area contributed by atoms with Crippen molar-refractivity contribution in [3.05, 3.63) is 54.6 Å².